The van der Waals surface area contributed by atoms with Gasteiger partial charge in [0.2, 0.25) is 5.91 Å². The van der Waals surface area contributed by atoms with Crippen LogP contribution in [0.2, 0.25) is 0 Å². The molecule has 2 saturated carbocycles. The predicted molar refractivity (Wildman–Crippen MR) is 129 cm³/mol. The van der Waals surface area contributed by atoms with Crippen LogP contribution in [0.15, 0.2) is 36.4 Å². The van der Waals surface area contributed by atoms with Gasteiger partial charge in [-0.1, -0.05) is 43.5 Å². The fourth-order valence-electron chi connectivity index (χ4n) is 6.47. The largest absolute Gasteiger partial charge is 0.465 e. The summed E-state index contributed by atoms with van der Waals surface area (Å²) in [6.45, 7) is 9.16. The van der Waals surface area contributed by atoms with Gasteiger partial charge < -0.3 is 10.1 Å². The molecule has 0 aromatic heterocycles. The number of allylic oxidation sites excluding steroid dienone is 1. The number of esters is 1. The summed E-state index contributed by atoms with van der Waals surface area (Å²) in [6.07, 6.45) is 9.09. The summed E-state index contributed by atoms with van der Waals surface area (Å²) >= 11 is 0. The second kappa shape index (κ2) is 9.59. The number of piperazine rings is 1. The Balaban J connectivity index is 1.10. The van der Waals surface area contributed by atoms with Gasteiger partial charge in [0.25, 0.3) is 0 Å². The average molecular weight is 452 g/mol. The van der Waals surface area contributed by atoms with E-state index in [9.17, 15) is 9.59 Å². The van der Waals surface area contributed by atoms with Gasteiger partial charge >= 0.3 is 5.97 Å². The number of benzene rings is 1. The molecule has 1 aromatic carbocycles. The number of nitrogens with zero attached hydrogens (tertiary/aromatic N) is 2. The molecular weight excluding hydrogens is 414 g/mol. The van der Waals surface area contributed by atoms with Crippen LogP contribution in [0.5, 0.6) is 0 Å². The van der Waals surface area contributed by atoms with Crippen molar-refractivity contribution in [2.45, 2.75) is 57.4 Å². The van der Waals surface area contributed by atoms with E-state index in [1.807, 2.05) is 24.3 Å². The number of rotatable bonds is 6. The average Bonchev–Trinajstić information content (AvgIpc) is 3.29. The minimum absolute atomic E-state index is 0.0407. The molecule has 4 aliphatic rings. The normalized spacial score (nSPS) is 29.2. The Morgan fingerprint density at radius 1 is 1.09 bits per heavy atom. The molecule has 1 N–H and O–H groups in total. The van der Waals surface area contributed by atoms with Crippen LogP contribution in [0.25, 0.3) is 0 Å². The van der Waals surface area contributed by atoms with Gasteiger partial charge in [-0.3, -0.25) is 19.4 Å². The number of ether oxygens (including phenoxy) is 1. The lowest BCUT2D eigenvalue weighted by molar-refractivity contribution is -0.146. The Hall–Kier alpha value is -2.18. The molecule has 6 nitrogen and oxygen atoms in total. The zero-order chi connectivity index (χ0) is 22.8. The van der Waals surface area contributed by atoms with Crippen LogP contribution in [0.1, 0.15) is 50.5 Å². The topological polar surface area (TPSA) is 61.9 Å². The van der Waals surface area contributed by atoms with Crippen molar-refractivity contribution >= 4 is 17.6 Å². The van der Waals surface area contributed by atoms with E-state index in [4.69, 9.17) is 4.74 Å². The maximum absolute atomic E-state index is 12.6. The van der Waals surface area contributed by atoms with Gasteiger partial charge in [0.15, 0.2) is 0 Å². The van der Waals surface area contributed by atoms with Gasteiger partial charge in [-0.15, -0.1) is 0 Å². The van der Waals surface area contributed by atoms with E-state index in [1.54, 1.807) is 0 Å². The van der Waals surface area contributed by atoms with Crippen LogP contribution in [-0.4, -0.2) is 67.0 Å². The third-order valence-corrected chi connectivity index (χ3v) is 8.33. The molecule has 4 fully saturated rings. The summed E-state index contributed by atoms with van der Waals surface area (Å²) in [6, 6.07) is 8.71. The van der Waals surface area contributed by atoms with E-state index in [0.29, 0.717) is 19.6 Å². The highest BCUT2D eigenvalue weighted by Crippen LogP contribution is 2.52. The molecular formula is C27H37N3O3. The SMILES string of the molecule is C=C1CC2COC(=O)C2(Cc2ccc(NC(=O)CN3CCN(C4CCCCC4)CC3)cc2)C1. The smallest absolute Gasteiger partial charge is 0.313 e. The third-order valence-electron chi connectivity index (χ3n) is 8.33. The van der Waals surface area contributed by atoms with Crippen LogP contribution >= 0.6 is 0 Å². The summed E-state index contributed by atoms with van der Waals surface area (Å²) in [7, 11) is 0. The summed E-state index contributed by atoms with van der Waals surface area (Å²) in [5.41, 5.74) is 2.62. The van der Waals surface area contributed by atoms with E-state index in [1.165, 1.54) is 32.1 Å². The molecule has 0 radical (unpaired) electrons. The van der Waals surface area contributed by atoms with Crippen molar-refractivity contribution in [1.82, 2.24) is 9.80 Å². The molecule has 5 rings (SSSR count). The molecule has 33 heavy (non-hydrogen) atoms. The first-order chi connectivity index (χ1) is 16.0. The summed E-state index contributed by atoms with van der Waals surface area (Å²) < 4.78 is 5.39. The Labute approximate surface area is 197 Å². The number of cyclic esters (lactones) is 1. The Bertz CT molecular complexity index is 884. The van der Waals surface area contributed by atoms with Gasteiger partial charge in [-0.05, 0) is 49.8 Å². The maximum Gasteiger partial charge on any atom is 0.313 e. The van der Waals surface area contributed by atoms with E-state index >= 15 is 0 Å². The number of nitrogens with one attached hydrogen (secondary N) is 1. The lowest BCUT2D eigenvalue weighted by Crippen LogP contribution is -2.52. The van der Waals surface area contributed by atoms with Crippen molar-refractivity contribution in [2.75, 3.05) is 44.6 Å². The van der Waals surface area contributed by atoms with Crippen LogP contribution < -0.4 is 5.32 Å². The molecule has 1 aromatic rings. The second-order valence-corrected chi connectivity index (χ2v) is 10.6. The van der Waals surface area contributed by atoms with Crippen LogP contribution in [-0.2, 0) is 20.7 Å². The van der Waals surface area contributed by atoms with Crippen molar-refractivity contribution in [1.29, 1.82) is 0 Å². The zero-order valence-electron chi connectivity index (χ0n) is 19.7. The van der Waals surface area contributed by atoms with E-state index < -0.39 is 5.41 Å². The van der Waals surface area contributed by atoms with Gasteiger partial charge in [0, 0.05) is 43.8 Å². The lowest BCUT2D eigenvalue weighted by Gasteiger charge is -2.40. The maximum atomic E-state index is 12.6. The number of amides is 1. The predicted octanol–water partition coefficient (Wildman–Crippen LogP) is 3.63. The van der Waals surface area contributed by atoms with Crippen molar-refractivity contribution in [3.63, 3.8) is 0 Å². The number of hydrogen-bond acceptors (Lipinski definition) is 5. The molecule has 2 unspecified atom stereocenters. The molecule has 2 saturated heterocycles. The molecule has 2 heterocycles. The van der Waals surface area contributed by atoms with Gasteiger partial charge in [0.05, 0.1) is 18.6 Å². The molecule has 2 aliphatic carbocycles. The zero-order valence-corrected chi connectivity index (χ0v) is 19.7. The summed E-state index contributed by atoms with van der Waals surface area (Å²) in [5.74, 6) is 0.210. The molecule has 6 heteroatoms. The number of anilines is 1. The fraction of sp³-hybridized carbons (Fsp3) is 0.630. The van der Waals surface area contributed by atoms with Crippen molar-refractivity contribution in [2.24, 2.45) is 11.3 Å². The first-order valence-electron chi connectivity index (χ1n) is 12.7. The molecule has 2 aliphatic heterocycles. The van der Waals surface area contributed by atoms with Crippen molar-refractivity contribution < 1.29 is 14.3 Å². The fourth-order valence-corrected chi connectivity index (χ4v) is 6.47. The van der Waals surface area contributed by atoms with Crippen molar-refractivity contribution in [3.8, 4) is 0 Å². The third kappa shape index (κ3) is 4.87. The van der Waals surface area contributed by atoms with Gasteiger partial charge in [0.1, 0.15) is 0 Å². The van der Waals surface area contributed by atoms with E-state index in [0.717, 1.165) is 61.9 Å². The van der Waals surface area contributed by atoms with Crippen LogP contribution in [0, 0.1) is 11.3 Å². The monoisotopic (exact) mass is 451 g/mol. The minimum atomic E-state index is -0.443. The quantitative estimate of drug-likeness (QED) is 0.529. The van der Waals surface area contributed by atoms with E-state index in [-0.39, 0.29) is 17.8 Å². The number of carbonyl (C=O) groups is 2. The molecule has 0 bridgehead atoms. The molecule has 178 valence electrons. The highest BCUT2D eigenvalue weighted by Gasteiger charge is 2.55. The van der Waals surface area contributed by atoms with Gasteiger partial charge in [-0.2, -0.15) is 0 Å². The van der Waals surface area contributed by atoms with Crippen LogP contribution in [0.4, 0.5) is 5.69 Å². The Kier molecular flexibility index (Phi) is 6.57. The number of carbonyl (C=O) groups excluding carboxylic acids is 2. The minimum Gasteiger partial charge on any atom is -0.465 e. The Morgan fingerprint density at radius 2 is 1.82 bits per heavy atom. The standard InChI is InChI=1S/C27H37N3O3/c1-20-15-22-19-33-26(32)27(22,16-20)17-21-7-9-23(10-8-21)28-25(31)18-29-11-13-30(14-12-29)24-5-3-2-4-6-24/h7-10,22,24H,1-6,11-19H2,(H,28,31). The molecule has 0 spiro atoms. The highest BCUT2D eigenvalue weighted by atomic mass is 16.5. The molecule has 1 amide bonds. The summed E-state index contributed by atoms with van der Waals surface area (Å²) in [5, 5.41) is 3.05. The lowest BCUT2D eigenvalue weighted by atomic mass is 9.75. The van der Waals surface area contributed by atoms with Crippen LogP contribution in [0.3, 0.4) is 0 Å². The van der Waals surface area contributed by atoms with E-state index in [2.05, 4.69) is 21.7 Å². The van der Waals surface area contributed by atoms with Gasteiger partial charge in [-0.25, -0.2) is 0 Å². The first kappa shape index (κ1) is 22.6. The Morgan fingerprint density at radius 3 is 2.55 bits per heavy atom. The molecule has 2 atom stereocenters. The number of hydrogen-bond donors (Lipinski definition) is 1. The highest BCUT2D eigenvalue weighted by molar-refractivity contribution is 5.92. The van der Waals surface area contributed by atoms with Crippen molar-refractivity contribution in [3.05, 3.63) is 42.0 Å². The second-order valence-electron chi connectivity index (χ2n) is 10.6. The first-order valence-corrected chi connectivity index (χ1v) is 12.7. The summed E-state index contributed by atoms with van der Waals surface area (Å²) in [4.78, 5) is 30.0. The number of fused-ring (bicyclic) bond motifs is 1.